The standard InChI is InChI=1S/C16H29N5O2/c1-13-6-4-5-7-21(13)14(2)10-17-16(22)19-15-11-18-20(12-15)8-9-23-3/h11-14H,4-10H2,1-3H3,(H2,17,19,22)/t13-,14-/m0/s1. The van der Waals surface area contributed by atoms with Crippen LogP contribution in [0.25, 0.3) is 0 Å². The molecule has 1 aromatic heterocycles. The average Bonchev–Trinajstić information content (AvgIpc) is 2.98. The second-order valence-corrected chi connectivity index (χ2v) is 6.25. The smallest absolute Gasteiger partial charge is 0.319 e. The summed E-state index contributed by atoms with van der Waals surface area (Å²) in [5, 5.41) is 9.93. The summed E-state index contributed by atoms with van der Waals surface area (Å²) >= 11 is 0. The van der Waals surface area contributed by atoms with Gasteiger partial charge in [-0.15, -0.1) is 0 Å². The highest BCUT2D eigenvalue weighted by atomic mass is 16.5. The van der Waals surface area contributed by atoms with Gasteiger partial charge < -0.3 is 15.4 Å². The molecule has 0 spiro atoms. The molecular weight excluding hydrogens is 294 g/mol. The molecule has 2 atom stereocenters. The van der Waals surface area contributed by atoms with E-state index in [-0.39, 0.29) is 6.03 Å². The van der Waals surface area contributed by atoms with Gasteiger partial charge in [-0.25, -0.2) is 4.79 Å². The Balaban J connectivity index is 1.72. The summed E-state index contributed by atoms with van der Waals surface area (Å²) in [5.74, 6) is 0. The van der Waals surface area contributed by atoms with Crippen LogP contribution < -0.4 is 10.6 Å². The summed E-state index contributed by atoms with van der Waals surface area (Å²) in [7, 11) is 1.65. The third-order valence-corrected chi connectivity index (χ3v) is 4.39. The van der Waals surface area contributed by atoms with Crippen molar-refractivity contribution < 1.29 is 9.53 Å². The molecule has 23 heavy (non-hydrogen) atoms. The number of methoxy groups -OCH3 is 1. The van der Waals surface area contributed by atoms with Crippen molar-refractivity contribution in [3.63, 3.8) is 0 Å². The van der Waals surface area contributed by atoms with Gasteiger partial charge >= 0.3 is 6.03 Å². The maximum absolute atomic E-state index is 12.0. The lowest BCUT2D eigenvalue weighted by Gasteiger charge is -2.38. The molecule has 0 radical (unpaired) electrons. The number of amides is 2. The normalized spacial score (nSPS) is 20.2. The fourth-order valence-electron chi connectivity index (χ4n) is 3.04. The molecule has 130 valence electrons. The SMILES string of the molecule is COCCn1cc(NC(=O)NC[C@H](C)N2CCCC[C@@H]2C)cn1. The van der Waals surface area contributed by atoms with Crippen molar-refractivity contribution in [1.82, 2.24) is 20.0 Å². The van der Waals surface area contributed by atoms with Crippen LogP contribution in [0.5, 0.6) is 0 Å². The Morgan fingerprint density at radius 1 is 1.52 bits per heavy atom. The molecule has 1 aliphatic heterocycles. The third kappa shape index (κ3) is 5.51. The summed E-state index contributed by atoms with van der Waals surface area (Å²) < 4.78 is 6.75. The van der Waals surface area contributed by atoms with Gasteiger partial charge in [0.2, 0.25) is 0 Å². The highest BCUT2D eigenvalue weighted by Gasteiger charge is 2.23. The number of aromatic nitrogens is 2. The van der Waals surface area contributed by atoms with E-state index in [2.05, 4.69) is 34.5 Å². The van der Waals surface area contributed by atoms with Crippen molar-refractivity contribution in [3.8, 4) is 0 Å². The van der Waals surface area contributed by atoms with Crippen LogP contribution in [0.4, 0.5) is 10.5 Å². The number of carbonyl (C=O) groups is 1. The van der Waals surface area contributed by atoms with Gasteiger partial charge in [-0.2, -0.15) is 5.10 Å². The van der Waals surface area contributed by atoms with E-state index in [9.17, 15) is 4.79 Å². The summed E-state index contributed by atoms with van der Waals surface area (Å²) in [5.41, 5.74) is 0.692. The van der Waals surface area contributed by atoms with Gasteiger partial charge in [0, 0.05) is 31.9 Å². The van der Waals surface area contributed by atoms with E-state index in [0.717, 1.165) is 6.54 Å². The molecule has 1 fully saturated rings. The van der Waals surface area contributed by atoms with Gasteiger partial charge in [-0.3, -0.25) is 9.58 Å². The maximum Gasteiger partial charge on any atom is 0.319 e. The predicted molar refractivity (Wildman–Crippen MR) is 90.6 cm³/mol. The van der Waals surface area contributed by atoms with E-state index >= 15 is 0 Å². The molecule has 1 saturated heterocycles. The summed E-state index contributed by atoms with van der Waals surface area (Å²) in [4.78, 5) is 14.5. The Bertz CT molecular complexity index is 491. The van der Waals surface area contributed by atoms with Crippen LogP contribution in [0, 0.1) is 0 Å². The molecule has 2 amide bonds. The Morgan fingerprint density at radius 3 is 3.09 bits per heavy atom. The van der Waals surface area contributed by atoms with Crippen LogP contribution >= 0.6 is 0 Å². The molecule has 0 aromatic carbocycles. The van der Waals surface area contributed by atoms with Crippen molar-refractivity contribution >= 4 is 11.7 Å². The molecule has 0 saturated carbocycles. The maximum atomic E-state index is 12.0. The summed E-state index contributed by atoms with van der Waals surface area (Å²) in [6.07, 6.45) is 7.25. The van der Waals surface area contributed by atoms with E-state index in [1.807, 2.05) is 0 Å². The zero-order valence-electron chi connectivity index (χ0n) is 14.4. The number of piperidine rings is 1. The van der Waals surface area contributed by atoms with Crippen molar-refractivity contribution in [2.24, 2.45) is 0 Å². The summed E-state index contributed by atoms with van der Waals surface area (Å²) in [6.45, 7) is 7.48. The molecule has 7 heteroatoms. The lowest BCUT2D eigenvalue weighted by Crippen LogP contribution is -2.49. The van der Waals surface area contributed by atoms with Crippen LogP contribution in [-0.2, 0) is 11.3 Å². The number of carbonyl (C=O) groups excluding carboxylic acids is 1. The number of nitrogens with one attached hydrogen (secondary N) is 2. The molecule has 1 aliphatic rings. The first-order valence-corrected chi connectivity index (χ1v) is 8.42. The highest BCUT2D eigenvalue weighted by molar-refractivity contribution is 5.88. The number of hydrogen-bond acceptors (Lipinski definition) is 4. The second-order valence-electron chi connectivity index (χ2n) is 6.25. The number of hydrogen-bond donors (Lipinski definition) is 2. The number of rotatable bonds is 7. The van der Waals surface area contributed by atoms with Gasteiger partial charge in [-0.05, 0) is 33.2 Å². The molecule has 2 rings (SSSR count). The Morgan fingerprint density at radius 2 is 2.35 bits per heavy atom. The number of urea groups is 1. The van der Waals surface area contributed by atoms with Crippen LogP contribution in [-0.4, -0.2) is 59.6 Å². The quantitative estimate of drug-likeness (QED) is 0.804. The molecule has 2 heterocycles. The lowest BCUT2D eigenvalue weighted by atomic mass is 10.0. The highest BCUT2D eigenvalue weighted by Crippen LogP contribution is 2.18. The van der Waals surface area contributed by atoms with Crippen molar-refractivity contribution in [1.29, 1.82) is 0 Å². The summed E-state index contributed by atoms with van der Waals surface area (Å²) in [6, 6.07) is 0.760. The topological polar surface area (TPSA) is 71.4 Å². The van der Waals surface area contributed by atoms with E-state index in [4.69, 9.17) is 4.74 Å². The van der Waals surface area contributed by atoms with Crippen LogP contribution in [0.3, 0.4) is 0 Å². The number of nitrogens with zero attached hydrogens (tertiary/aromatic N) is 3. The first-order valence-electron chi connectivity index (χ1n) is 8.42. The molecule has 0 aliphatic carbocycles. The number of likely N-dealkylation sites (tertiary alicyclic amines) is 1. The van der Waals surface area contributed by atoms with Gasteiger partial charge in [0.15, 0.2) is 0 Å². The van der Waals surface area contributed by atoms with Gasteiger partial charge in [0.1, 0.15) is 0 Å². The van der Waals surface area contributed by atoms with Gasteiger partial charge in [0.25, 0.3) is 0 Å². The molecule has 0 unspecified atom stereocenters. The van der Waals surface area contributed by atoms with Crippen molar-refractivity contribution in [3.05, 3.63) is 12.4 Å². The average molecular weight is 323 g/mol. The molecule has 0 bridgehead atoms. The Kier molecular flexibility index (Phi) is 6.85. The number of anilines is 1. The predicted octanol–water partition coefficient (Wildman–Crippen LogP) is 1.91. The third-order valence-electron chi connectivity index (χ3n) is 4.39. The van der Waals surface area contributed by atoms with Gasteiger partial charge in [-0.1, -0.05) is 6.42 Å². The number of ether oxygens (including phenoxy) is 1. The molecular formula is C16H29N5O2. The first-order chi connectivity index (χ1) is 11.1. The fourth-order valence-corrected chi connectivity index (χ4v) is 3.04. The fraction of sp³-hybridized carbons (Fsp3) is 0.750. The first kappa shape index (κ1) is 17.7. The van der Waals surface area contributed by atoms with Crippen LogP contribution in [0.2, 0.25) is 0 Å². The zero-order valence-corrected chi connectivity index (χ0v) is 14.4. The molecule has 7 nitrogen and oxygen atoms in total. The zero-order chi connectivity index (χ0) is 16.7. The Hall–Kier alpha value is -1.60. The van der Waals surface area contributed by atoms with E-state index in [0.29, 0.717) is 37.5 Å². The van der Waals surface area contributed by atoms with E-state index < -0.39 is 0 Å². The van der Waals surface area contributed by atoms with Gasteiger partial charge in [0.05, 0.1) is 25.0 Å². The Labute approximate surface area is 138 Å². The largest absolute Gasteiger partial charge is 0.383 e. The van der Waals surface area contributed by atoms with E-state index in [1.54, 1.807) is 24.2 Å². The minimum Gasteiger partial charge on any atom is -0.383 e. The minimum atomic E-state index is -0.187. The van der Waals surface area contributed by atoms with Crippen molar-refractivity contribution in [2.75, 3.05) is 32.1 Å². The minimum absolute atomic E-state index is 0.187. The van der Waals surface area contributed by atoms with Crippen molar-refractivity contribution in [2.45, 2.75) is 51.7 Å². The van der Waals surface area contributed by atoms with E-state index in [1.165, 1.54) is 19.3 Å². The molecule has 2 N–H and O–H groups in total. The molecule has 1 aromatic rings. The van der Waals surface area contributed by atoms with Crippen LogP contribution in [0.15, 0.2) is 12.4 Å². The lowest BCUT2D eigenvalue weighted by molar-refractivity contribution is 0.114. The van der Waals surface area contributed by atoms with Crippen LogP contribution in [0.1, 0.15) is 33.1 Å². The second kappa shape index (κ2) is 8.88. The monoisotopic (exact) mass is 323 g/mol.